The largest absolute Gasteiger partial charge is 0.313 e. The van der Waals surface area contributed by atoms with Gasteiger partial charge in [-0.15, -0.1) is 5.10 Å². The van der Waals surface area contributed by atoms with E-state index in [9.17, 15) is 0 Å². The lowest BCUT2D eigenvalue weighted by Crippen LogP contribution is -2.21. The maximum Gasteiger partial charge on any atom is 0.148 e. The van der Waals surface area contributed by atoms with Gasteiger partial charge in [-0.2, -0.15) is 0 Å². The first-order valence-corrected chi connectivity index (χ1v) is 5.98. The standard InChI is InChI=1S/C9H17N5S/c1-6-3-14(4-7(6)2)5-8-9(11-10)15-13-12-8/h6-7,11H,3-5,10H2,1-2H3. The maximum atomic E-state index is 5.39. The zero-order valence-electron chi connectivity index (χ0n) is 9.10. The van der Waals surface area contributed by atoms with Crippen molar-refractivity contribution in [3.05, 3.63) is 5.69 Å². The Morgan fingerprint density at radius 1 is 1.47 bits per heavy atom. The minimum Gasteiger partial charge on any atom is -0.313 e. The molecule has 6 heteroatoms. The molecule has 5 nitrogen and oxygen atoms in total. The van der Waals surface area contributed by atoms with Crippen molar-refractivity contribution >= 4 is 16.5 Å². The summed E-state index contributed by atoms with van der Waals surface area (Å²) in [5, 5.41) is 4.96. The van der Waals surface area contributed by atoms with E-state index in [1.54, 1.807) is 0 Å². The molecule has 0 bridgehead atoms. The van der Waals surface area contributed by atoms with E-state index in [-0.39, 0.29) is 0 Å². The van der Waals surface area contributed by atoms with Gasteiger partial charge in [0.2, 0.25) is 0 Å². The summed E-state index contributed by atoms with van der Waals surface area (Å²) in [7, 11) is 0. The molecule has 1 aromatic heterocycles. The maximum absolute atomic E-state index is 5.39. The first-order valence-electron chi connectivity index (χ1n) is 5.21. The van der Waals surface area contributed by atoms with Crippen molar-refractivity contribution in [2.24, 2.45) is 17.7 Å². The van der Waals surface area contributed by atoms with Gasteiger partial charge < -0.3 is 5.43 Å². The van der Waals surface area contributed by atoms with Crippen LogP contribution in [0.25, 0.3) is 0 Å². The summed E-state index contributed by atoms with van der Waals surface area (Å²) < 4.78 is 3.90. The van der Waals surface area contributed by atoms with E-state index < -0.39 is 0 Å². The van der Waals surface area contributed by atoms with Crippen LogP contribution in [0.2, 0.25) is 0 Å². The number of nitrogen functional groups attached to an aromatic ring is 1. The van der Waals surface area contributed by atoms with Crippen molar-refractivity contribution in [2.75, 3.05) is 18.5 Å². The number of hydrazine groups is 1. The van der Waals surface area contributed by atoms with Crippen LogP contribution in [-0.4, -0.2) is 27.6 Å². The van der Waals surface area contributed by atoms with Gasteiger partial charge >= 0.3 is 0 Å². The van der Waals surface area contributed by atoms with Gasteiger partial charge in [0.15, 0.2) is 0 Å². The molecular formula is C9H17N5S. The van der Waals surface area contributed by atoms with E-state index >= 15 is 0 Å². The Morgan fingerprint density at radius 3 is 2.73 bits per heavy atom. The van der Waals surface area contributed by atoms with Crippen LogP contribution in [0.5, 0.6) is 0 Å². The molecule has 0 amide bonds. The lowest BCUT2D eigenvalue weighted by Gasteiger charge is -2.13. The average Bonchev–Trinajstić information content (AvgIpc) is 2.75. The van der Waals surface area contributed by atoms with Gasteiger partial charge in [0, 0.05) is 31.2 Å². The molecule has 1 aliphatic rings. The highest BCUT2D eigenvalue weighted by molar-refractivity contribution is 7.10. The highest BCUT2D eigenvalue weighted by Crippen LogP contribution is 2.25. The van der Waals surface area contributed by atoms with Crippen LogP contribution in [0.15, 0.2) is 0 Å². The quantitative estimate of drug-likeness (QED) is 0.593. The van der Waals surface area contributed by atoms with Crippen molar-refractivity contribution < 1.29 is 0 Å². The van der Waals surface area contributed by atoms with Crippen molar-refractivity contribution in [1.82, 2.24) is 14.5 Å². The van der Waals surface area contributed by atoms with Gasteiger partial charge in [-0.3, -0.25) is 4.90 Å². The van der Waals surface area contributed by atoms with Crippen molar-refractivity contribution in [3.63, 3.8) is 0 Å². The summed E-state index contributed by atoms with van der Waals surface area (Å²) in [6, 6.07) is 0. The van der Waals surface area contributed by atoms with Gasteiger partial charge in [-0.1, -0.05) is 18.3 Å². The average molecular weight is 227 g/mol. The van der Waals surface area contributed by atoms with E-state index in [0.29, 0.717) is 0 Å². The van der Waals surface area contributed by atoms with Gasteiger partial charge in [0.25, 0.3) is 0 Å². The summed E-state index contributed by atoms with van der Waals surface area (Å²) in [6.45, 7) is 7.73. The molecule has 2 unspecified atom stereocenters. The Bertz CT molecular complexity index is 316. The molecule has 0 radical (unpaired) electrons. The molecule has 1 aliphatic heterocycles. The lowest BCUT2D eigenvalue weighted by molar-refractivity contribution is 0.312. The van der Waals surface area contributed by atoms with Crippen LogP contribution >= 0.6 is 11.5 Å². The Morgan fingerprint density at radius 2 is 2.13 bits per heavy atom. The number of anilines is 1. The van der Waals surface area contributed by atoms with Crippen LogP contribution in [0.4, 0.5) is 5.00 Å². The molecule has 0 spiro atoms. The summed E-state index contributed by atoms with van der Waals surface area (Å²) in [4.78, 5) is 2.41. The number of likely N-dealkylation sites (tertiary alicyclic amines) is 1. The van der Waals surface area contributed by atoms with Crippen LogP contribution < -0.4 is 11.3 Å². The van der Waals surface area contributed by atoms with Crippen LogP contribution in [-0.2, 0) is 6.54 Å². The topological polar surface area (TPSA) is 67.1 Å². The zero-order chi connectivity index (χ0) is 10.8. The van der Waals surface area contributed by atoms with E-state index in [1.165, 1.54) is 11.5 Å². The summed E-state index contributed by atoms with van der Waals surface area (Å²) >= 11 is 1.31. The third-order valence-corrected chi connectivity index (χ3v) is 3.82. The van der Waals surface area contributed by atoms with E-state index in [4.69, 9.17) is 5.84 Å². The minimum atomic E-state index is 0.769. The fraction of sp³-hybridized carbons (Fsp3) is 0.778. The molecule has 3 N–H and O–H groups in total. The molecule has 2 heterocycles. The SMILES string of the molecule is CC1CN(Cc2nnsc2NN)CC1C. The van der Waals surface area contributed by atoms with E-state index in [2.05, 4.69) is 33.8 Å². The predicted molar refractivity (Wildman–Crippen MR) is 61.3 cm³/mol. The third kappa shape index (κ3) is 2.27. The number of nitrogens with two attached hydrogens (primary N) is 1. The molecule has 0 saturated carbocycles. The summed E-state index contributed by atoms with van der Waals surface area (Å²) in [6.07, 6.45) is 0. The Kier molecular flexibility index (Phi) is 3.18. The van der Waals surface area contributed by atoms with Crippen LogP contribution in [0.3, 0.4) is 0 Å². The highest BCUT2D eigenvalue weighted by atomic mass is 32.1. The number of hydrogen-bond acceptors (Lipinski definition) is 6. The van der Waals surface area contributed by atoms with Crippen LogP contribution in [0, 0.1) is 11.8 Å². The second kappa shape index (κ2) is 4.42. The number of aromatic nitrogens is 2. The van der Waals surface area contributed by atoms with Crippen LogP contribution in [0.1, 0.15) is 19.5 Å². The van der Waals surface area contributed by atoms with Crippen molar-refractivity contribution in [3.8, 4) is 0 Å². The molecule has 2 rings (SSSR count). The number of nitrogens with zero attached hydrogens (tertiary/aromatic N) is 3. The number of nitrogens with one attached hydrogen (secondary N) is 1. The van der Waals surface area contributed by atoms with Crippen molar-refractivity contribution in [1.29, 1.82) is 0 Å². The van der Waals surface area contributed by atoms with Gasteiger partial charge in [-0.25, -0.2) is 5.84 Å². The second-order valence-electron chi connectivity index (χ2n) is 4.34. The van der Waals surface area contributed by atoms with Gasteiger partial charge in [0.1, 0.15) is 10.7 Å². The summed E-state index contributed by atoms with van der Waals surface area (Å²) in [5.41, 5.74) is 3.60. The fourth-order valence-electron chi connectivity index (χ4n) is 2.01. The zero-order valence-corrected chi connectivity index (χ0v) is 9.92. The van der Waals surface area contributed by atoms with E-state index in [0.717, 1.165) is 42.2 Å². The molecule has 2 atom stereocenters. The molecule has 15 heavy (non-hydrogen) atoms. The molecule has 0 aliphatic carbocycles. The van der Waals surface area contributed by atoms with Gasteiger partial charge in [0.05, 0.1) is 0 Å². The second-order valence-corrected chi connectivity index (χ2v) is 5.10. The van der Waals surface area contributed by atoms with Gasteiger partial charge in [-0.05, 0) is 11.8 Å². The van der Waals surface area contributed by atoms with E-state index in [1.807, 2.05) is 0 Å². The molecule has 1 aromatic rings. The first kappa shape index (κ1) is 10.8. The normalized spacial score (nSPS) is 27.1. The first-order chi connectivity index (χ1) is 7.20. The molecule has 0 aromatic carbocycles. The smallest absolute Gasteiger partial charge is 0.148 e. The molecule has 1 saturated heterocycles. The monoisotopic (exact) mass is 227 g/mol. The number of rotatable bonds is 3. The predicted octanol–water partition coefficient (Wildman–Crippen LogP) is 0.911. The molecule has 1 fully saturated rings. The Balaban J connectivity index is 1.98. The Labute approximate surface area is 93.8 Å². The fourth-order valence-corrected chi connectivity index (χ4v) is 2.50. The van der Waals surface area contributed by atoms with Crippen molar-refractivity contribution in [2.45, 2.75) is 20.4 Å². The molecular weight excluding hydrogens is 210 g/mol. The third-order valence-electron chi connectivity index (χ3n) is 3.12. The molecule has 84 valence electrons. The highest BCUT2D eigenvalue weighted by Gasteiger charge is 2.26. The Hall–Kier alpha value is -0.720. The lowest BCUT2D eigenvalue weighted by atomic mass is 10.0. The minimum absolute atomic E-state index is 0.769. The number of hydrogen-bond donors (Lipinski definition) is 2. The summed E-state index contributed by atoms with van der Waals surface area (Å²) in [5.74, 6) is 6.92.